The minimum atomic E-state index is -0.0443. The van der Waals surface area contributed by atoms with Gasteiger partial charge in [0, 0.05) is 6.54 Å². The second-order valence-corrected chi connectivity index (χ2v) is 3.33. The molecule has 1 unspecified atom stereocenters. The van der Waals surface area contributed by atoms with Gasteiger partial charge in [0.2, 0.25) is 0 Å². The fourth-order valence-corrected chi connectivity index (χ4v) is 1.55. The molecule has 0 aromatic heterocycles. The summed E-state index contributed by atoms with van der Waals surface area (Å²) in [5.41, 5.74) is 0. The summed E-state index contributed by atoms with van der Waals surface area (Å²) in [5, 5.41) is 3.20. The van der Waals surface area contributed by atoms with E-state index in [4.69, 9.17) is 4.74 Å². The molecule has 1 saturated heterocycles. The van der Waals surface area contributed by atoms with Gasteiger partial charge in [-0.1, -0.05) is 6.92 Å². The second kappa shape index (κ2) is 4.45. The predicted octanol–water partition coefficient (Wildman–Crippen LogP) is 0.795. The summed E-state index contributed by atoms with van der Waals surface area (Å²) < 4.78 is 4.97. The zero-order chi connectivity index (χ0) is 8.97. The SMILES string of the molecule is CCOC(=O)[C@H]1CNCCC1C. The number of ether oxygens (including phenoxy) is 1. The Balaban J connectivity index is 2.42. The minimum absolute atomic E-state index is 0.0443. The Morgan fingerprint density at radius 3 is 3.00 bits per heavy atom. The van der Waals surface area contributed by atoms with E-state index in [1.54, 1.807) is 0 Å². The van der Waals surface area contributed by atoms with Gasteiger partial charge in [0.25, 0.3) is 0 Å². The normalized spacial score (nSPS) is 29.8. The first-order valence-corrected chi connectivity index (χ1v) is 4.63. The van der Waals surface area contributed by atoms with E-state index >= 15 is 0 Å². The van der Waals surface area contributed by atoms with E-state index in [1.807, 2.05) is 6.92 Å². The van der Waals surface area contributed by atoms with E-state index in [9.17, 15) is 4.79 Å². The molecule has 1 aliphatic rings. The van der Waals surface area contributed by atoms with Gasteiger partial charge in [0.15, 0.2) is 0 Å². The molecule has 1 aliphatic heterocycles. The van der Waals surface area contributed by atoms with Crippen LogP contribution in [0.5, 0.6) is 0 Å². The number of hydrogen-bond donors (Lipinski definition) is 1. The molecule has 0 radical (unpaired) electrons. The summed E-state index contributed by atoms with van der Waals surface area (Å²) >= 11 is 0. The van der Waals surface area contributed by atoms with E-state index in [0.717, 1.165) is 19.5 Å². The highest BCUT2D eigenvalue weighted by Crippen LogP contribution is 2.19. The van der Waals surface area contributed by atoms with Crippen LogP contribution in [0.2, 0.25) is 0 Å². The molecule has 1 N–H and O–H groups in total. The van der Waals surface area contributed by atoms with Crippen LogP contribution >= 0.6 is 0 Å². The van der Waals surface area contributed by atoms with Crippen molar-refractivity contribution < 1.29 is 9.53 Å². The number of esters is 1. The van der Waals surface area contributed by atoms with E-state index in [1.165, 1.54) is 0 Å². The van der Waals surface area contributed by atoms with Crippen molar-refractivity contribution in [2.75, 3.05) is 19.7 Å². The van der Waals surface area contributed by atoms with Gasteiger partial charge >= 0.3 is 5.97 Å². The van der Waals surface area contributed by atoms with Gasteiger partial charge in [0.1, 0.15) is 0 Å². The first-order chi connectivity index (χ1) is 5.75. The summed E-state index contributed by atoms with van der Waals surface area (Å²) in [7, 11) is 0. The van der Waals surface area contributed by atoms with Crippen molar-refractivity contribution >= 4 is 5.97 Å². The molecule has 1 heterocycles. The summed E-state index contributed by atoms with van der Waals surface area (Å²) in [6, 6.07) is 0. The quantitative estimate of drug-likeness (QED) is 0.624. The molecular weight excluding hydrogens is 154 g/mol. The highest BCUT2D eigenvalue weighted by Gasteiger charge is 2.28. The molecular formula is C9H17NO2. The molecule has 70 valence electrons. The van der Waals surface area contributed by atoms with Crippen LogP contribution in [0.1, 0.15) is 20.3 Å². The summed E-state index contributed by atoms with van der Waals surface area (Å²) in [4.78, 5) is 11.3. The maximum Gasteiger partial charge on any atom is 0.310 e. The van der Waals surface area contributed by atoms with Crippen molar-refractivity contribution in [3.8, 4) is 0 Å². The van der Waals surface area contributed by atoms with Crippen molar-refractivity contribution in [3.05, 3.63) is 0 Å². The summed E-state index contributed by atoms with van der Waals surface area (Å²) in [6.07, 6.45) is 1.07. The molecule has 0 saturated carbocycles. The molecule has 1 rings (SSSR count). The standard InChI is InChI=1S/C9H17NO2/c1-3-12-9(11)8-6-10-5-4-7(8)2/h7-8,10H,3-6H2,1-2H3/t7?,8-/m0/s1. The van der Waals surface area contributed by atoms with Gasteiger partial charge in [-0.05, 0) is 25.8 Å². The van der Waals surface area contributed by atoms with Gasteiger partial charge in [0.05, 0.1) is 12.5 Å². The highest BCUT2D eigenvalue weighted by atomic mass is 16.5. The first-order valence-electron chi connectivity index (χ1n) is 4.63. The van der Waals surface area contributed by atoms with Crippen molar-refractivity contribution in [2.24, 2.45) is 11.8 Å². The third kappa shape index (κ3) is 2.21. The van der Waals surface area contributed by atoms with Crippen LogP contribution in [0, 0.1) is 11.8 Å². The van der Waals surface area contributed by atoms with Gasteiger partial charge in [-0.25, -0.2) is 0 Å². The summed E-state index contributed by atoms with van der Waals surface area (Å²) in [5.74, 6) is 0.487. The lowest BCUT2D eigenvalue weighted by atomic mass is 9.88. The molecule has 0 amide bonds. The van der Waals surface area contributed by atoms with Crippen LogP contribution in [0.25, 0.3) is 0 Å². The number of rotatable bonds is 2. The smallest absolute Gasteiger partial charge is 0.310 e. The largest absolute Gasteiger partial charge is 0.466 e. The predicted molar refractivity (Wildman–Crippen MR) is 46.8 cm³/mol. The Bertz CT molecular complexity index is 159. The van der Waals surface area contributed by atoms with Crippen molar-refractivity contribution in [2.45, 2.75) is 20.3 Å². The molecule has 0 bridgehead atoms. The Morgan fingerprint density at radius 1 is 1.67 bits per heavy atom. The minimum Gasteiger partial charge on any atom is -0.466 e. The van der Waals surface area contributed by atoms with Gasteiger partial charge in [-0.15, -0.1) is 0 Å². The molecule has 3 nitrogen and oxygen atoms in total. The third-order valence-electron chi connectivity index (χ3n) is 2.42. The molecule has 0 spiro atoms. The molecule has 2 atom stereocenters. The maximum absolute atomic E-state index is 11.3. The Labute approximate surface area is 73.5 Å². The first kappa shape index (κ1) is 9.52. The maximum atomic E-state index is 11.3. The van der Waals surface area contributed by atoms with Crippen molar-refractivity contribution in [1.29, 1.82) is 0 Å². The molecule has 0 aromatic rings. The number of nitrogens with one attached hydrogen (secondary N) is 1. The lowest BCUT2D eigenvalue weighted by Gasteiger charge is -2.27. The van der Waals surface area contributed by atoms with Crippen LogP contribution in [0.4, 0.5) is 0 Å². The monoisotopic (exact) mass is 171 g/mol. The zero-order valence-electron chi connectivity index (χ0n) is 7.80. The third-order valence-corrected chi connectivity index (χ3v) is 2.42. The van der Waals surface area contributed by atoms with E-state index in [-0.39, 0.29) is 11.9 Å². The Kier molecular flexibility index (Phi) is 3.53. The van der Waals surface area contributed by atoms with E-state index < -0.39 is 0 Å². The second-order valence-electron chi connectivity index (χ2n) is 3.33. The molecule has 0 aromatic carbocycles. The fraction of sp³-hybridized carbons (Fsp3) is 0.889. The Hall–Kier alpha value is -0.570. The van der Waals surface area contributed by atoms with E-state index in [0.29, 0.717) is 12.5 Å². The average Bonchev–Trinajstić information content (AvgIpc) is 2.05. The van der Waals surface area contributed by atoms with Crippen LogP contribution in [-0.2, 0) is 9.53 Å². The van der Waals surface area contributed by atoms with Gasteiger partial charge in [-0.2, -0.15) is 0 Å². The van der Waals surface area contributed by atoms with Crippen LogP contribution in [-0.4, -0.2) is 25.7 Å². The fourth-order valence-electron chi connectivity index (χ4n) is 1.55. The van der Waals surface area contributed by atoms with Crippen LogP contribution < -0.4 is 5.32 Å². The number of piperidine rings is 1. The molecule has 1 fully saturated rings. The molecule has 12 heavy (non-hydrogen) atoms. The topological polar surface area (TPSA) is 38.3 Å². The number of carbonyl (C=O) groups excluding carboxylic acids is 1. The summed E-state index contributed by atoms with van der Waals surface area (Å²) in [6.45, 7) is 6.25. The zero-order valence-corrected chi connectivity index (χ0v) is 7.80. The average molecular weight is 171 g/mol. The Morgan fingerprint density at radius 2 is 2.42 bits per heavy atom. The number of carbonyl (C=O) groups is 1. The lowest BCUT2D eigenvalue weighted by molar-refractivity contribution is -0.150. The van der Waals surface area contributed by atoms with Gasteiger partial charge in [-0.3, -0.25) is 4.79 Å². The molecule has 3 heteroatoms. The van der Waals surface area contributed by atoms with Gasteiger partial charge < -0.3 is 10.1 Å². The van der Waals surface area contributed by atoms with Crippen LogP contribution in [0.15, 0.2) is 0 Å². The lowest BCUT2D eigenvalue weighted by Crippen LogP contribution is -2.40. The van der Waals surface area contributed by atoms with Crippen LogP contribution in [0.3, 0.4) is 0 Å². The van der Waals surface area contributed by atoms with Crippen molar-refractivity contribution in [3.63, 3.8) is 0 Å². The number of hydrogen-bond acceptors (Lipinski definition) is 3. The molecule has 0 aliphatic carbocycles. The highest BCUT2D eigenvalue weighted by molar-refractivity contribution is 5.73. The van der Waals surface area contributed by atoms with E-state index in [2.05, 4.69) is 12.2 Å². The van der Waals surface area contributed by atoms with Crippen molar-refractivity contribution in [1.82, 2.24) is 5.32 Å².